The average molecular weight is 1440 g/mol. The Kier molecular flexibility index (Phi) is 69.3. The maximum Gasteiger partial charge on any atom is 0.472 e. The van der Waals surface area contributed by atoms with Crippen LogP contribution in [-0.4, -0.2) is 96.7 Å². The fraction of sp³-hybridized carbons (Fsp3) is 0.949. The van der Waals surface area contributed by atoms with E-state index in [9.17, 15) is 43.2 Å². The molecule has 2 unspecified atom stereocenters. The van der Waals surface area contributed by atoms with Crippen molar-refractivity contribution in [2.45, 2.75) is 432 Å². The first-order valence-electron chi connectivity index (χ1n) is 41.0. The molecule has 0 radical (unpaired) electrons. The second-order valence-electron chi connectivity index (χ2n) is 29.4. The van der Waals surface area contributed by atoms with Gasteiger partial charge in [-0.25, -0.2) is 9.13 Å². The van der Waals surface area contributed by atoms with Gasteiger partial charge in [0.1, 0.15) is 19.3 Å². The molecule has 0 aromatic rings. The van der Waals surface area contributed by atoms with Crippen LogP contribution >= 0.6 is 15.6 Å². The molecule has 17 nitrogen and oxygen atoms in total. The van der Waals surface area contributed by atoms with Gasteiger partial charge in [-0.1, -0.05) is 363 Å². The SMILES string of the molecule is CCCCCCCCCCCCCCCCCCCCCCC(=O)O[C@H](COC(=O)CCCCCCCCCCCCCCCCC)COP(=O)(O)OC[C@@H](O)COP(=O)(O)OC[C@@H](COC(=O)CCCCCCCCCCC(C)C)OC(=O)CCCCCCCCCCCC(C)C. The first-order chi connectivity index (χ1) is 47.4. The number of phosphoric ester groups is 2. The summed E-state index contributed by atoms with van der Waals surface area (Å²) in [7, 11) is -9.92. The van der Waals surface area contributed by atoms with Crippen molar-refractivity contribution in [3.8, 4) is 0 Å². The highest BCUT2D eigenvalue weighted by Crippen LogP contribution is 2.45. The molecule has 0 fully saturated rings. The van der Waals surface area contributed by atoms with E-state index in [1.165, 1.54) is 231 Å². The second kappa shape index (κ2) is 70.7. The minimum Gasteiger partial charge on any atom is -0.462 e. The number of hydrogen-bond acceptors (Lipinski definition) is 15. The topological polar surface area (TPSA) is 237 Å². The maximum atomic E-state index is 13.1. The van der Waals surface area contributed by atoms with Gasteiger partial charge < -0.3 is 33.8 Å². The number of ether oxygens (including phenoxy) is 4. The molecule has 0 rings (SSSR count). The van der Waals surface area contributed by atoms with Gasteiger partial charge in [0, 0.05) is 25.7 Å². The summed E-state index contributed by atoms with van der Waals surface area (Å²) in [5.74, 6) is -0.650. The van der Waals surface area contributed by atoms with E-state index in [2.05, 4.69) is 41.5 Å². The second-order valence-corrected chi connectivity index (χ2v) is 32.3. The zero-order valence-electron chi connectivity index (χ0n) is 64.1. The summed E-state index contributed by atoms with van der Waals surface area (Å²) in [6.07, 6.45) is 59.8. The zero-order chi connectivity index (χ0) is 72.1. The van der Waals surface area contributed by atoms with Crippen LogP contribution in [0.1, 0.15) is 414 Å². The maximum absolute atomic E-state index is 13.1. The molecule has 0 aliphatic carbocycles. The minimum absolute atomic E-state index is 0.105. The number of esters is 4. The fourth-order valence-corrected chi connectivity index (χ4v) is 13.8. The summed E-state index contributed by atoms with van der Waals surface area (Å²) in [5.41, 5.74) is 0. The van der Waals surface area contributed by atoms with Crippen LogP contribution in [0, 0.1) is 11.8 Å². The molecule has 3 N–H and O–H groups in total. The highest BCUT2D eigenvalue weighted by molar-refractivity contribution is 7.47. The van der Waals surface area contributed by atoms with Gasteiger partial charge in [-0.2, -0.15) is 0 Å². The molecular weight excluding hydrogens is 1280 g/mol. The number of carbonyl (C=O) groups excluding carboxylic acids is 4. The Morgan fingerprint density at radius 3 is 0.694 bits per heavy atom. The Morgan fingerprint density at radius 2 is 0.469 bits per heavy atom. The van der Waals surface area contributed by atoms with Crippen LogP contribution in [0.4, 0.5) is 0 Å². The van der Waals surface area contributed by atoms with Gasteiger partial charge in [0.15, 0.2) is 12.2 Å². The molecule has 19 heteroatoms. The predicted octanol–water partition coefficient (Wildman–Crippen LogP) is 23.5. The Balaban J connectivity index is 5.23. The van der Waals surface area contributed by atoms with Crippen LogP contribution < -0.4 is 0 Å². The molecule has 5 atom stereocenters. The lowest BCUT2D eigenvalue weighted by Gasteiger charge is -2.21. The Hall–Kier alpha value is -1.94. The highest BCUT2D eigenvalue weighted by atomic mass is 31.2. The molecule has 0 saturated carbocycles. The van der Waals surface area contributed by atoms with Crippen molar-refractivity contribution in [3.05, 3.63) is 0 Å². The average Bonchev–Trinajstić information content (AvgIpc) is 1.02. The first-order valence-corrected chi connectivity index (χ1v) is 44.0. The molecular formula is C79H154O17P2. The molecule has 0 spiro atoms. The molecule has 0 heterocycles. The van der Waals surface area contributed by atoms with Gasteiger partial charge in [0.05, 0.1) is 26.4 Å². The molecule has 98 heavy (non-hydrogen) atoms. The molecule has 0 aromatic heterocycles. The molecule has 0 bridgehead atoms. The number of phosphoric acid groups is 2. The van der Waals surface area contributed by atoms with Gasteiger partial charge in [-0.3, -0.25) is 37.3 Å². The quantitative estimate of drug-likeness (QED) is 0.0222. The normalized spacial score (nSPS) is 13.9. The van der Waals surface area contributed by atoms with E-state index in [0.29, 0.717) is 25.7 Å². The third-order valence-electron chi connectivity index (χ3n) is 18.5. The highest BCUT2D eigenvalue weighted by Gasteiger charge is 2.30. The minimum atomic E-state index is -4.96. The number of aliphatic hydroxyl groups is 1. The molecule has 0 saturated heterocycles. The van der Waals surface area contributed by atoms with Crippen molar-refractivity contribution in [2.75, 3.05) is 39.6 Å². The monoisotopic (exact) mass is 1440 g/mol. The van der Waals surface area contributed by atoms with Crippen LogP contribution in [-0.2, 0) is 65.4 Å². The van der Waals surface area contributed by atoms with Gasteiger partial charge in [-0.05, 0) is 37.5 Å². The van der Waals surface area contributed by atoms with E-state index in [1.807, 2.05) is 0 Å². The summed E-state index contributed by atoms with van der Waals surface area (Å²) in [6, 6.07) is 0. The van der Waals surface area contributed by atoms with Crippen LogP contribution in [0.5, 0.6) is 0 Å². The Labute approximate surface area is 600 Å². The third kappa shape index (κ3) is 72.4. The van der Waals surface area contributed by atoms with Crippen molar-refractivity contribution in [2.24, 2.45) is 11.8 Å². The standard InChI is InChI=1S/C79H154O17P2/c1-7-9-11-13-15-17-19-21-23-24-25-26-27-29-31-33-37-45-51-57-63-78(83)95-74(67-89-76(81)61-55-49-43-36-32-30-28-22-20-18-16-14-12-10-8-2)69-93-97(85,86)91-65-73(80)66-92-98(87,88)94-70-75(68-90-77(82)62-56-50-44-40-39-42-48-54-60-72(5)6)96-79(84)64-58-52-46-38-34-35-41-47-53-59-71(3)4/h71-75,80H,7-70H2,1-6H3,(H,85,86)(H,87,88)/t73-,74-,75-/m1/s1. The molecule has 0 aliphatic heterocycles. The summed E-state index contributed by atoms with van der Waals surface area (Å²) < 4.78 is 68.6. The van der Waals surface area contributed by atoms with E-state index in [-0.39, 0.29) is 25.7 Å². The van der Waals surface area contributed by atoms with Crippen molar-refractivity contribution in [3.63, 3.8) is 0 Å². The van der Waals surface area contributed by atoms with Crippen molar-refractivity contribution >= 4 is 39.5 Å². The van der Waals surface area contributed by atoms with Gasteiger partial charge in [0.25, 0.3) is 0 Å². The van der Waals surface area contributed by atoms with Crippen LogP contribution in [0.25, 0.3) is 0 Å². The van der Waals surface area contributed by atoms with E-state index in [0.717, 1.165) is 102 Å². The van der Waals surface area contributed by atoms with Gasteiger partial charge in [-0.15, -0.1) is 0 Å². The molecule has 0 aliphatic rings. The lowest BCUT2D eigenvalue weighted by Crippen LogP contribution is -2.30. The summed E-state index contributed by atoms with van der Waals surface area (Å²) >= 11 is 0. The number of rotatable bonds is 78. The largest absolute Gasteiger partial charge is 0.472 e. The number of aliphatic hydroxyl groups excluding tert-OH is 1. The van der Waals surface area contributed by atoms with Crippen LogP contribution in [0.15, 0.2) is 0 Å². The Morgan fingerprint density at radius 1 is 0.276 bits per heavy atom. The van der Waals surface area contributed by atoms with E-state index in [1.54, 1.807) is 0 Å². The van der Waals surface area contributed by atoms with Gasteiger partial charge in [0.2, 0.25) is 0 Å². The van der Waals surface area contributed by atoms with Crippen LogP contribution in [0.2, 0.25) is 0 Å². The smallest absolute Gasteiger partial charge is 0.462 e. The van der Waals surface area contributed by atoms with Gasteiger partial charge >= 0.3 is 39.5 Å². The number of unbranched alkanes of at least 4 members (excludes halogenated alkanes) is 48. The summed E-state index contributed by atoms with van der Waals surface area (Å²) in [6.45, 7) is 9.56. The lowest BCUT2D eigenvalue weighted by molar-refractivity contribution is -0.161. The van der Waals surface area contributed by atoms with E-state index in [4.69, 9.17) is 37.0 Å². The Bertz CT molecular complexity index is 1890. The van der Waals surface area contributed by atoms with E-state index < -0.39 is 97.5 Å². The van der Waals surface area contributed by atoms with E-state index >= 15 is 0 Å². The summed E-state index contributed by atoms with van der Waals surface area (Å²) in [4.78, 5) is 72.9. The molecule has 582 valence electrons. The van der Waals surface area contributed by atoms with Crippen LogP contribution in [0.3, 0.4) is 0 Å². The van der Waals surface area contributed by atoms with Crippen molar-refractivity contribution < 1.29 is 80.2 Å². The first kappa shape index (κ1) is 96.1. The lowest BCUT2D eigenvalue weighted by atomic mass is 10.0. The fourth-order valence-electron chi connectivity index (χ4n) is 12.2. The van der Waals surface area contributed by atoms with Crippen molar-refractivity contribution in [1.82, 2.24) is 0 Å². The van der Waals surface area contributed by atoms with Crippen molar-refractivity contribution in [1.29, 1.82) is 0 Å². The number of carbonyl (C=O) groups is 4. The third-order valence-corrected chi connectivity index (χ3v) is 20.4. The molecule has 0 amide bonds. The molecule has 0 aromatic carbocycles. The summed E-state index contributed by atoms with van der Waals surface area (Å²) in [5, 5.41) is 10.6. The number of hydrogen-bond donors (Lipinski definition) is 3. The zero-order valence-corrected chi connectivity index (χ0v) is 65.9. The predicted molar refractivity (Wildman–Crippen MR) is 400 cm³/mol.